The molecule has 0 fully saturated rings. The van der Waals surface area contributed by atoms with Gasteiger partial charge in [0.25, 0.3) is 6.08 Å². The Hall–Kier alpha value is -0.253. The summed E-state index contributed by atoms with van der Waals surface area (Å²) in [6.45, 7) is 3.60. The first-order valence-electron chi connectivity index (χ1n) is 3.67. The summed E-state index contributed by atoms with van der Waals surface area (Å²) in [6.07, 6.45) is 0.425. The molecule has 0 spiro atoms. The van der Waals surface area contributed by atoms with Crippen LogP contribution in [0.3, 0.4) is 0 Å². The van der Waals surface area contributed by atoms with Gasteiger partial charge in [0.1, 0.15) is 5.45 Å². The van der Waals surface area contributed by atoms with E-state index in [-0.39, 0.29) is 0 Å². The molecule has 0 nitrogen and oxygen atoms in total. The van der Waals surface area contributed by atoms with Crippen LogP contribution in [0, 0.1) is 6.92 Å². The van der Waals surface area contributed by atoms with Crippen molar-refractivity contribution >= 4 is 9.52 Å². The topological polar surface area (TPSA) is 0 Å². The number of unbranched alkanes of at least 4 members (excludes halogenated alkanes) is 2. The van der Waals surface area contributed by atoms with Crippen LogP contribution in [0.5, 0.6) is 0 Å². The second-order valence-corrected chi connectivity index (χ2v) is 4.16. The fraction of sp³-hybridized carbons (Fsp3) is 0.571. The molecule has 0 atom stereocenters. The Kier molecular flexibility index (Phi) is 6.31. The number of hydrogen-bond donors (Lipinski definition) is 0. The van der Waals surface area contributed by atoms with Gasteiger partial charge in [-0.1, -0.05) is 32.2 Å². The van der Waals surface area contributed by atoms with Gasteiger partial charge in [-0.05, 0) is 0 Å². The molecule has 0 aromatic carbocycles. The molecule has 0 amide bonds. The van der Waals surface area contributed by atoms with Crippen molar-refractivity contribution in [1.82, 2.24) is 0 Å². The maximum atomic E-state index is 12.1. The Morgan fingerprint density at radius 1 is 1.18 bits per heavy atom. The van der Waals surface area contributed by atoms with Crippen LogP contribution >= 0.6 is 0 Å². The zero-order chi connectivity index (χ0) is 8.69. The first-order valence-corrected chi connectivity index (χ1v) is 5.38. The van der Waals surface area contributed by atoms with E-state index in [1.165, 1.54) is 0 Å². The highest BCUT2D eigenvalue weighted by atomic mass is 28.2. The van der Waals surface area contributed by atoms with Gasteiger partial charge in [0.05, 0.1) is 9.52 Å². The third kappa shape index (κ3) is 6.16. The summed E-state index contributed by atoms with van der Waals surface area (Å²) in [6, 6.07) is 0.624. The van der Waals surface area contributed by atoms with Gasteiger partial charge in [0, 0.05) is 0 Å². The van der Waals surface area contributed by atoms with Crippen molar-refractivity contribution in [2.24, 2.45) is 0 Å². The molecule has 0 rings (SSSR count). The van der Waals surface area contributed by atoms with Crippen molar-refractivity contribution in [3.05, 3.63) is 18.5 Å². The van der Waals surface area contributed by atoms with Gasteiger partial charge in [-0.15, -0.1) is 0 Å². The standard InChI is InChI=1S/C7H12F3Si/c1-2-3-4-5-11-7(10)6(8)9/h1-5,11H2. The molecule has 4 heteroatoms. The van der Waals surface area contributed by atoms with E-state index in [9.17, 15) is 13.2 Å². The molecule has 0 N–H and O–H groups in total. The first kappa shape index (κ1) is 10.7. The second-order valence-electron chi connectivity index (χ2n) is 2.33. The maximum absolute atomic E-state index is 12.1. The molecular weight excluding hydrogens is 169 g/mol. The summed E-state index contributed by atoms with van der Waals surface area (Å²) >= 11 is 0. The van der Waals surface area contributed by atoms with Gasteiger partial charge in [-0.3, -0.25) is 0 Å². The summed E-state index contributed by atoms with van der Waals surface area (Å²) in [5, 5.41) is 0. The summed E-state index contributed by atoms with van der Waals surface area (Å²) in [5.74, 6) is 0. The fourth-order valence-electron chi connectivity index (χ4n) is 0.728. The zero-order valence-corrected chi connectivity index (χ0v) is 7.79. The molecule has 0 aromatic rings. The molecule has 0 aliphatic heterocycles. The Morgan fingerprint density at radius 2 is 1.82 bits per heavy atom. The lowest BCUT2D eigenvalue weighted by atomic mass is 10.3. The van der Waals surface area contributed by atoms with Crippen LogP contribution in [0.15, 0.2) is 11.5 Å². The highest BCUT2D eigenvalue weighted by Gasteiger charge is 2.03. The number of hydrogen-bond acceptors (Lipinski definition) is 0. The average Bonchev–Trinajstić information content (AvgIpc) is 1.97. The van der Waals surface area contributed by atoms with E-state index in [2.05, 4.69) is 6.92 Å². The monoisotopic (exact) mass is 181 g/mol. The summed E-state index contributed by atoms with van der Waals surface area (Å²) in [4.78, 5) is 0. The zero-order valence-electron chi connectivity index (χ0n) is 6.38. The molecule has 0 saturated heterocycles. The molecular formula is C7H12F3Si. The first-order chi connectivity index (χ1) is 5.18. The second kappa shape index (κ2) is 6.46. The normalized spacial score (nSPS) is 10.9. The molecule has 0 aliphatic rings. The Labute approximate surface area is 67.3 Å². The van der Waals surface area contributed by atoms with Crippen molar-refractivity contribution in [2.45, 2.75) is 25.3 Å². The predicted octanol–water partition coefficient (Wildman–Crippen LogP) is 2.61. The molecule has 0 saturated carbocycles. The largest absolute Gasteiger partial charge is 0.295 e. The van der Waals surface area contributed by atoms with Crippen LogP contribution in [0.2, 0.25) is 6.04 Å². The van der Waals surface area contributed by atoms with E-state index >= 15 is 0 Å². The van der Waals surface area contributed by atoms with Gasteiger partial charge < -0.3 is 0 Å². The van der Waals surface area contributed by atoms with Crippen LogP contribution in [0.1, 0.15) is 19.3 Å². The van der Waals surface area contributed by atoms with Crippen molar-refractivity contribution in [3.8, 4) is 0 Å². The van der Waals surface area contributed by atoms with Crippen molar-refractivity contribution in [1.29, 1.82) is 0 Å². The smallest absolute Gasteiger partial charge is 0.212 e. The Morgan fingerprint density at radius 3 is 2.27 bits per heavy atom. The quantitative estimate of drug-likeness (QED) is 0.452. The lowest BCUT2D eigenvalue weighted by molar-refractivity contribution is 0.392. The highest BCUT2D eigenvalue weighted by molar-refractivity contribution is 6.44. The van der Waals surface area contributed by atoms with Crippen LogP contribution in [-0.4, -0.2) is 9.52 Å². The van der Waals surface area contributed by atoms with Crippen molar-refractivity contribution in [3.63, 3.8) is 0 Å². The van der Waals surface area contributed by atoms with Gasteiger partial charge in [-0.25, -0.2) is 4.39 Å². The predicted molar refractivity (Wildman–Crippen MR) is 42.9 cm³/mol. The number of rotatable bonds is 5. The Balaban J connectivity index is 3.32. The minimum Gasteiger partial charge on any atom is -0.212 e. The van der Waals surface area contributed by atoms with E-state index in [4.69, 9.17) is 0 Å². The van der Waals surface area contributed by atoms with Crippen molar-refractivity contribution in [2.75, 3.05) is 0 Å². The third-order valence-electron chi connectivity index (χ3n) is 1.35. The van der Waals surface area contributed by atoms with Crippen LogP contribution < -0.4 is 0 Å². The minimum atomic E-state index is -2.12. The van der Waals surface area contributed by atoms with Crippen LogP contribution in [0.25, 0.3) is 0 Å². The molecule has 65 valence electrons. The van der Waals surface area contributed by atoms with Gasteiger partial charge in [-0.2, -0.15) is 8.78 Å². The average molecular weight is 181 g/mol. The van der Waals surface area contributed by atoms with Crippen LogP contribution in [0.4, 0.5) is 13.2 Å². The van der Waals surface area contributed by atoms with E-state index in [1.54, 1.807) is 0 Å². The van der Waals surface area contributed by atoms with Crippen LogP contribution in [-0.2, 0) is 0 Å². The summed E-state index contributed by atoms with van der Waals surface area (Å²) in [7, 11) is -1.30. The molecule has 0 bridgehead atoms. The van der Waals surface area contributed by atoms with E-state index in [0.717, 1.165) is 19.3 Å². The maximum Gasteiger partial charge on any atom is 0.295 e. The van der Waals surface area contributed by atoms with E-state index in [1.807, 2.05) is 0 Å². The lowest BCUT2D eigenvalue weighted by Crippen LogP contribution is -1.91. The minimum absolute atomic E-state index is 0.624. The number of halogens is 3. The molecule has 0 unspecified atom stereocenters. The van der Waals surface area contributed by atoms with Crippen molar-refractivity contribution < 1.29 is 13.2 Å². The lowest BCUT2D eigenvalue weighted by Gasteiger charge is -1.94. The van der Waals surface area contributed by atoms with Gasteiger partial charge in [0.15, 0.2) is 0 Å². The summed E-state index contributed by atoms with van der Waals surface area (Å²) < 4.78 is 35.1. The highest BCUT2D eigenvalue weighted by Crippen LogP contribution is 2.10. The fourth-order valence-corrected chi connectivity index (χ4v) is 1.83. The SMILES string of the molecule is [CH2]CCCC[SiH2]C(F)=C(F)F. The molecule has 0 aromatic heterocycles. The third-order valence-corrected chi connectivity index (χ3v) is 2.91. The van der Waals surface area contributed by atoms with E-state index in [0.29, 0.717) is 6.04 Å². The Bertz CT molecular complexity index is 130. The molecule has 1 radical (unpaired) electrons. The van der Waals surface area contributed by atoms with Gasteiger partial charge >= 0.3 is 0 Å². The van der Waals surface area contributed by atoms with E-state index < -0.39 is 21.1 Å². The molecule has 11 heavy (non-hydrogen) atoms. The molecule has 0 heterocycles. The van der Waals surface area contributed by atoms with Gasteiger partial charge in [0.2, 0.25) is 0 Å². The molecule has 0 aliphatic carbocycles. The summed E-state index contributed by atoms with van der Waals surface area (Å²) in [5.41, 5.74) is -1.13.